The van der Waals surface area contributed by atoms with E-state index in [9.17, 15) is 13.6 Å². The molecular formula is C15H12ClF2NO2. The monoisotopic (exact) mass is 311 g/mol. The average Bonchev–Trinajstić information content (AvgIpc) is 2.45. The van der Waals surface area contributed by atoms with Crippen LogP contribution in [0.3, 0.4) is 0 Å². The third-order valence-corrected chi connectivity index (χ3v) is 2.91. The van der Waals surface area contributed by atoms with Gasteiger partial charge < -0.3 is 10.1 Å². The van der Waals surface area contributed by atoms with Crippen LogP contribution in [-0.2, 0) is 0 Å². The van der Waals surface area contributed by atoms with Gasteiger partial charge in [0.25, 0.3) is 5.91 Å². The van der Waals surface area contributed by atoms with Gasteiger partial charge in [-0.3, -0.25) is 4.79 Å². The van der Waals surface area contributed by atoms with Crippen LogP contribution in [0, 0.1) is 11.6 Å². The summed E-state index contributed by atoms with van der Waals surface area (Å²) in [6.07, 6.45) is 0. The van der Waals surface area contributed by atoms with Crippen molar-refractivity contribution in [1.82, 2.24) is 5.32 Å². The quantitative estimate of drug-likeness (QED) is 0.859. The Hall–Kier alpha value is -2.14. The van der Waals surface area contributed by atoms with Crippen molar-refractivity contribution in [3.05, 3.63) is 64.7 Å². The second-order valence-corrected chi connectivity index (χ2v) is 4.59. The predicted octanol–water partition coefficient (Wildman–Crippen LogP) is 3.43. The van der Waals surface area contributed by atoms with Gasteiger partial charge in [-0.1, -0.05) is 17.7 Å². The Balaban J connectivity index is 1.83. The van der Waals surface area contributed by atoms with E-state index in [1.807, 2.05) is 0 Å². The van der Waals surface area contributed by atoms with Gasteiger partial charge in [0.1, 0.15) is 29.6 Å². The number of rotatable bonds is 5. The van der Waals surface area contributed by atoms with Gasteiger partial charge >= 0.3 is 0 Å². The fraction of sp³-hybridized carbons (Fsp3) is 0.133. The summed E-state index contributed by atoms with van der Waals surface area (Å²) in [5.41, 5.74) is -0.594. The summed E-state index contributed by atoms with van der Waals surface area (Å²) < 4.78 is 32.1. The van der Waals surface area contributed by atoms with E-state index in [0.717, 1.165) is 12.1 Å². The smallest absolute Gasteiger partial charge is 0.257 e. The Labute approximate surface area is 125 Å². The first-order valence-corrected chi connectivity index (χ1v) is 6.56. The molecule has 0 aliphatic rings. The molecule has 0 saturated carbocycles. The van der Waals surface area contributed by atoms with Crippen molar-refractivity contribution in [3.63, 3.8) is 0 Å². The van der Waals surface area contributed by atoms with Crippen LogP contribution in [0.4, 0.5) is 8.78 Å². The van der Waals surface area contributed by atoms with Crippen molar-refractivity contribution in [2.45, 2.75) is 0 Å². The van der Waals surface area contributed by atoms with Crippen LogP contribution in [-0.4, -0.2) is 19.1 Å². The van der Waals surface area contributed by atoms with Gasteiger partial charge in [0, 0.05) is 5.02 Å². The molecule has 0 unspecified atom stereocenters. The Morgan fingerprint density at radius 1 is 1.10 bits per heavy atom. The van der Waals surface area contributed by atoms with Gasteiger partial charge in [-0.05, 0) is 36.4 Å². The van der Waals surface area contributed by atoms with Crippen LogP contribution in [0.5, 0.6) is 5.75 Å². The van der Waals surface area contributed by atoms with Crippen molar-refractivity contribution in [2.75, 3.05) is 13.2 Å². The largest absolute Gasteiger partial charge is 0.492 e. The lowest BCUT2D eigenvalue weighted by atomic mass is 10.2. The standard InChI is InChI=1S/C15H12ClF2NO2/c16-10-4-6-11(7-5-10)21-9-8-19-15(20)14-12(17)2-1-3-13(14)18/h1-7H,8-9H2,(H,19,20). The molecule has 3 nitrogen and oxygen atoms in total. The minimum absolute atomic E-state index is 0.120. The highest BCUT2D eigenvalue weighted by atomic mass is 35.5. The Morgan fingerprint density at radius 2 is 1.71 bits per heavy atom. The number of hydrogen-bond acceptors (Lipinski definition) is 2. The molecule has 110 valence electrons. The zero-order valence-electron chi connectivity index (χ0n) is 10.9. The molecule has 0 bridgehead atoms. The topological polar surface area (TPSA) is 38.3 Å². The summed E-state index contributed by atoms with van der Waals surface area (Å²) >= 11 is 5.73. The Morgan fingerprint density at radius 3 is 2.33 bits per heavy atom. The van der Waals surface area contributed by atoms with Crippen LogP contribution in [0.1, 0.15) is 10.4 Å². The molecule has 0 aromatic heterocycles. The summed E-state index contributed by atoms with van der Waals surface area (Å²) in [5.74, 6) is -2.02. The molecular weight excluding hydrogens is 300 g/mol. The average molecular weight is 312 g/mol. The van der Waals surface area contributed by atoms with Gasteiger partial charge in [-0.25, -0.2) is 8.78 Å². The summed E-state index contributed by atoms with van der Waals surface area (Å²) in [5, 5.41) is 2.98. The fourth-order valence-corrected chi connectivity index (χ4v) is 1.79. The molecule has 0 atom stereocenters. The van der Waals surface area contributed by atoms with Crippen molar-refractivity contribution < 1.29 is 18.3 Å². The van der Waals surface area contributed by atoms with Crippen LogP contribution in [0.25, 0.3) is 0 Å². The zero-order valence-corrected chi connectivity index (χ0v) is 11.7. The second kappa shape index (κ2) is 7.04. The molecule has 1 N–H and O–H groups in total. The maximum absolute atomic E-state index is 13.4. The molecule has 0 aliphatic heterocycles. The zero-order chi connectivity index (χ0) is 15.2. The summed E-state index contributed by atoms with van der Waals surface area (Å²) in [7, 11) is 0. The second-order valence-electron chi connectivity index (χ2n) is 4.15. The number of carbonyl (C=O) groups is 1. The molecule has 0 saturated heterocycles. The first-order chi connectivity index (χ1) is 10.1. The molecule has 0 radical (unpaired) electrons. The molecule has 0 heterocycles. The van der Waals surface area contributed by atoms with Gasteiger partial charge in [-0.15, -0.1) is 0 Å². The van der Waals surface area contributed by atoms with E-state index in [2.05, 4.69) is 5.32 Å². The molecule has 2 rings (SSSR count). The van der Waals surface area contributed by atoms with E-state index in [1.54, 1.807) is 24.3 Å². The number of halogens is 3. The Kier molecular flexibility index (Phi) is 5.11. The predicted molar refractivity (Wildman–Crippen MR) is 75.6 cm³/mol. The molecule has 0 spiro atoms. The SMILES string of the molecule is O=C(NCCOc1ccc(Cl)cc1)c1c(F)cccc1F. The van der Waals surface area contributed by atoms with Crippen molar-refractivity contribution >= 4 is 17.5 Å². The van der Waals surface area contributed by atoms with Gasteiger partial charge in [0.2, 0.25) is 0 Å². The van der Waals surface area contributed by atoms with E-state index < -0.39 is 23.1 Å². The minimum Gasteiger partial charge on any atom is -0.492 e. The highest BCUT2D eigenvalue weighted by Gasteiger charge is 2.16. The molecule has 0 aliphatic carbocycles. The number of benzene rings is 2. The maximum Gasteiger partial charge on any atom is 0.257 e. The molecule has 2 aromatic rings. The lowest BCUT2D eigenvalue weighted by Gasteiger charge is -2.08. The molecule has 2 aromatic carbocycles. The molecule has 1 amide bonds. The molecule has 21 heavy (non-hydrogen) atoms. The summed E-state index contributed by atoms with van der Waals surface area (Å²) in [6, 6.07) is 9.96. The summed E-state index contributed by atoms with van der Waals surface area (Å²) in [4.78, 5) is 11.7. The maximum atomic E-state index is 13.4. The molecule has 6 heteroatoms. The lowest BCUT2D eigenvalue weighted by Crippen LogP contribution is -2.29. The number of carbonyl (C=O) groups excluding carboxylic acids is 1. The van der Waals surface area contributed by atoms with E-state index in [0.29, 0.717) is 10.8 Å². The van der Waals surface area contributed by atoms with Crippen molar-refractivity contribution in [2.24, 2.45) is 0 Å². The van der Waals surface area contributed by atoms with E-state index >= 15 is 0 Å². The van der Waals surface area contributed by atoms with Gasteiger partial charge in [-0.2, -0.15) is 0 Å². The van der Waals surface area contributed by atoms with Crippen molar-refractivity contribution in [3.8, 4) is 5.75 Å². The number of amides is 1. The first kappa shape index (κ1) is 15.3. The summed E-state index contributed by atoms with van der Waals surface area (Å²) in [6.45, 7) is 0.290. The van der Waals surface area contributed by atoms with Crippen LogP contribution in [0.15, 0.2) is 42.5 Å². The normalized spacial score (nSPS) is 10.2. The first-order valence-electron chi connectivity index (χ1n) is 6.18. The lowest BCUT2D eigenvalue weighted by molar-refractivity contribution is 0.0938. The van der Waals surface area contributed by atoms with Crippen molar-refractivity contribution in [1.29, 1.82) is 0 Å². The minimum atomic E-state index is -0.897. The van der Waals surface area contributed by atoms with Crippen LogP contribution >= 0.6 is 11.6 Å². The Bertz CT molecular complexity index is 612. The fourth-order valence-electron chi connectivity index (χ4n) is 1.67. The highest BCUT2D eigenvalue weighted by Crippen LogP contribution is 2.15. The van der Waals surface area contributed by atoms with Crippen LogP contribution in [0.2, 0.25) is 5.02 Å². The van der Waals surface area contributed by atoms with E-state index in [4.69, 9.17) is 16.3 Å². The third kappa shape index (κ3) is 4.16. The number of nitrogens with one attached hydrogen (secondary N) is 1. The molecule has 0 fully saturated rings. The van der Waals surface area contributed by atoms with E-state index in [-0.39, 0.29) is 13.2 Å². The van der Waals surface area contributed by atoms with Crippen LogP contribution < -0.4 is 10.1 Å². The number of hydrogen-bond donors (Lipinski definition) is 1. The third-order valence-electron chi connectivity index (χ3n) is 2.66. The van der Waals surface area contributed by atoms with E-state index in [1.165, 1.54) is 6.07 Å². The number of ether oxygens (including phenoxy) is 1. The van der Waals surface area contributed by atoms with Gasteiger partial charge in [0.05, 0.1) is 6.54 Å². The van der Waals surface area contributed by atoms with Gasteiger partial charge in [0.15, 0.2) is 0 Å². The highest BCUT2D eigenvalue weighted by molar-refractivity contribution is 6.30.